The first-order chi connectivity index (χ1) is 11.7. The highest BCUT2D eigenvalue weighted by molar-refractivity contribution is 5.90. The van der Waals surface area contributed by atoms with Gasteiger partial charge in [0.15, 0.2) is 0 Å². The molecule has 24 heavy (non-hydrogen) atoms. The molecule has 0 heterocycles. The molecule has 0 aliphatic heterocycles. The number of hydrogen-bond donors (Lipinski definition) is 0. The molecule has 0 atom stereocenters. The van der Waals surface area contributed by atoms with Crippen LogP contribution in [0.4, 0.5) is 0 Å². The second kappa shape index (κ2) is 6.32. The topological polar surface area (TPSA) is 60.7 Å². The third-order valence-corrected chi connectivity index (χ3v) is 4.39. The fourth-order valence-corrected chi connectivity index (χ4v) is 3.40. The van der Waals surface area contributed by atoms with E-state index in [1.54, 1.807) is 28.4 Å². The van der Waals surface area contributed by atoms with E-state index in [9.17, 15) is 0 Å². The third-order valence-electron chi connectivity index (χ3n) is 4.39. The number of nitriles is 1. The molecule has 0 aromatic heterocycles. The van der Waals surface area contributed by atoms with Gasteiger partial charge in [0.1, 0.15) is 23.0 Å². The van der Waals surface area contributed by atoms with Crippen molar-refractivity contribution in [2.45, 2.75) is 12.8 Å². The normalized spacial score (nSPS) is 11.3. The zero-order valence-electron chi connectivity index (χ0n) is 14.2. The fourth-order valence-electron chi connectivity index (χ4n) is 3.40. The van der Waals surface area contributed by atoms with Crippen molar-refractivity contribution in [3.8, 4) is 40.2 Å². The van der Waals surface area contributed by atoms with E-state index in [4.69, 9.17) is 24.2 Å². The summed E-state index contributed by atoms with van der Waals surface area (Å²) in [6.07, 6.45) is 0.909. The van der Waals surface area contributed by atoms with Gasteiger partial charge < -0.3 is 18.9 Å². The first-order valence-electron chi connectivity index (χ1n) is 7.58. The number of fused-ring (bicyclic) bond motifs is 3. The summed E-state index contributed by atoms with van der Waals surface area (Å²) in [5, 5.41) is 9.14. The average molecular weight is 325 g/mol. The average Bonchev–Trinajstić information content (AvgIpc) is 3.01. The van der Waals surface area contributed by atoms with Crippen molar-refractivity contribution in [1.29, 1.82) is 5.26 Å². The lowest BCUT2D eigenvalue weighted by Gasteiger charge is -2.17. The van der Waals surface area contributed by atoms with Crippen LogP contribution in [0.1, 0.15) is 16.7 Å². The summed E-state index contributed by atoms with van der Waals surface area (Å²) in [6, 6.07) is 7.85. The van der Waals surface area contributed by atoms with Crippen molar-refractivity contribution in [2.24, 2.45) is 0 Å². The molecule has 5 nitrogen and oxygen atoms in total. The maximum absolute atomic E-state index is 9.14. The van der Waals surface area contributed by atoms with E-state index in [1.165, 1.54) is 0 Å². The van der Waals surface area contributed by atoms with Crippen molar-refractivity contribution < 1.29 is 18.9 Å². The van der Waals surface area contributed by atoms with Crippen molar-refractivity contribution in [3.05, 3.63) is 34.9 Å². The lowest BCUT2D eigenvalue weighted by Crippen LogP contribution is -1.99. The molecule has 0 bridgehead atoms. The summed E-state index contributed by atoms with van der Waals surface area (Å²) in [6.45, 7) is 0. The van der Waals surface area contributed by atoms with Gasteiger partial charge in [-0.25, -0.2) is 0 Å². The number of hydrogen-bond acceptors (Lipinski definition) is 5. The van der Waals surface area contributed by atoms with Gasteiger partial charge in [0.25, 0.3) is 0 Å². The zero-order chi connectivity index (χ0) is 17.3. The van der Waals surface area contributed by atoms with Gasteiger partial charge in [-0.05, 0) is 18.2 Å². The van der Waals surface area contributed by atoms with E-state index in [0.29, 0.717) is 12.2 Å². The predicted octanol–water partition coefficient (Wildman–Crippen LogP) is 3.36. The second-order valence-electron chi connectivity index (χ2n) is 5.46. The van der Waals surface area contributed by atoms with Gasteiger partial charge in [-0.2, -0.15) is 5.26 Å². The third kappa shape index (κ3) is 2.23. The summed E-state index contributed by atoms with van der Waals surface area (Å²) in [7, 11) is 6.55. The van der Waals surface area contributed by atoms with Gasteiger partial charge in [-0.3, -0.25) is 0 Å². The highest BCUT2D eigenvalue weighted by Crippen LogP contribution is 2.54. The Balaban J connectivity index is 2.39. The van der Waals surface area contributed by atoms with Crippen molar-refractivity contribution in [1.82, 2.24) is 0 Å². The van der Waals surface area contributed by atoms with Crippen LogP contribution in [-0.4, -0.2) is 28.4 Å². The monoisotopic (exact) mass is 325 g/mol. The summed E-state index contributed by atoms with van der Waals surface area (Å²) in [5.74, 6) is 2.99. The summed E-state index contributed by atoms with van der Waals surface area (Å²) >= 11 is 0. The zero-order valence-corrected chi connectivity index (χ0v) is 14.2. The molecule has 0 fully saturated rings. The molecule has 3 rings (SSSR count). The Kier molecular flexibility index (Phi) is 4.22. The molecule has 0 N–H and O–H groups in total. The van der Waals surface area contributed by atoms with Crippen LogP contribution in [0.5, 0.6) is 23.0 Å². The fraction of sp³-hybridized carbons (Fsp3) is 0.316. The molecule has 0 radical (unpaired) electrons. The van der Waals surface area contributed by atoms with Crippen LogP contribution in [0.2, 0.25) is 0 Å². The Bertz CT molecular complexity index is 836. The van der Waals surface area contributed by atoms with E-state index in [0.717, 1.165) is 45.1 Å². The van der Waals surface area contributed by atoms with E-state index in [2.05, 4.69) is 6.07 Å². The minimum Gasteiger partial charge on any atom is -0.496 e. The molecular weight excluding hydrogens is 306 g/mol. The first-order valence-corrected chi connectivity index (χ1v) is 7.58. The van der Waals surface area contributed by atoms with Gasteiger partial charge in [0.2, 0.25) is 0 Å². The Hall–Kier alpha value is -2.87. The molecule has 1 aliphatic rings. The van der Waals surface area contributed by atoms with Crippen LogP contribution in [0.15, 0.2) is 18.2 Å². The molecule has 0 amide bonds. The Morgan fingerprint density at radius 1 is 0.875 bits per heavy atom. The van der Waals surface area contributed by atoms with E-state index in [1.807, 2.05) is 18.2 Å². The summed E-state index contributed by atoms with van der Waals surface area (Å²) < 4.78 is 22.3. The van der Waals surface area contributed by atoms with Crippen LogP contribution >= 0.6 is 0 Å². The molecule has 2 aromatic carbocycles. The minimum atomic E-state index is 0.244. The van der Waals surface area contributed by atoms with Gasteiger partial charge >= 0.3 is 0 Å². The minimum absolute atomic E-state index is 0.244. The van der Waals surface area contributed by atoms with Crippen LogP contribution in [-0.2, 0) is 12.8 Å². The SMILES string of the molecule is COc1ccc(OC)c2c1Cc1c(OC)cc(CC#N)c(OC)c1-2. The number of benzene rings is 2. The molecule has 2 aromatic rings. The number of methoxy groups -OCH3 is 4. The molecule has 5 heteroatoms. The molecule has 0 saturated carbocycles. The highest BCUT2D eigenvalue weighted by Gasteiger charge is 2.32. The molecule has 124 valence electrons. The van der Waals surface area contributed by atoms with E-state index in [-0.39, 0.29) is 6.42 Å². The maximum Gasteiger partial charge on any atom is 0.131 e. The Morgan fingerprint density at radius 3 is 2.08 bits per heavy atom. The molecule has 0 spiro atoms. The summed E-state index contributed by atoms with van der Waals surface area (Å²) in [4.78, 5) is 0. The first kappa shape index (κ1) is 16.0. The Labute approximate surface area is 141 Å². The van der Waals surface area contributed by atoms with Crippen molar-refractivity contribution >= 4 is 0 Å². The van der Waals surface area contributed by atoms with Gasteiger partial charge in [-0.15, -0.1) is 0 Å². The van der Waals surface area contributed by atoms with Crippen LogP contribution < -0.4 is 18.9 Å². The molecule has 1 aliphatic carbocycles. The van der Waals surface area contributed by atoms with Crippen molar-refractivity contribution in [3.63, 3.8) is 0 Å². The number of nitrogens with zero attached hydrogens (tertiary/aromatic N) is 1. The Morgan fingerprint density at radius 2 is 1.50 bits per heavy atom. The second-order valence-corrected chi connectivity index (χ2v) is 5.46. The van der Waals surface area contributed by atoms with Crippen LogP contribution in [0.3, 0.4) is 0 Å². The molecule has 0 unspecified atom stereocenters. The standard InChI is InChI=1S/C19H19NO4/c1-21-14-5-6-15(22-2)17-12(14)10-13-16(23-3)9-11(7-8-20)19(24-4)18(13)17/h5-6,9H,7,10H2,1-4H3. The van der Waals surface area contributed by atoms with Gasteiger partial charge in [-0.1, -0.05) is 0 Å². The maximum atomic E-state index is 9.14. The lowest BCUT2D eigenvalue weighted by atomic mass is 9.98. The lowest BCUT2D eigenvalue weighted by molar-refractivity contribution is 0.397. The quantitative estimate of drug-likeness (QED) is 0.720. The van der Waals surface area contributed by atoms with E-state index < -0.39 is 0 Å². The smallest absolute Gasteiger partial charge is 0.131 e. The predicted molar refractivity (Wildman–Crippen MR) is 90.2 cm³/mol. The van der Waals surface area contributed by atoms with Gasteiger partial charge in [0, 0.05) is 34.2 Å². The summed E-state index contributed by atoms with van der Waals surface area (Å²) in [5.41, 5.74) is 4.73. The molecular formula is C19H19NO4. The number of ether oxygens (including phenoxy) is 4. The highest BCUT2D eigenvalue weighted by atomic mass is 16.5. The van der Waals surface area contributed by atoms with Crippen LogP contribution in [0, 0.1) is 11.3 Å². The van der Waals surface area contributed by atoms with Gasteiger partial charge in [0.05, 0.1) is 40.9 Å². The largest absolute Gasteiger partial charge is 0.496 e. The van der Waals surface area contributed by atoms with Crippen LogP contribution in [0.25, 0.3) is 11.1 Å². The van der Waals surface area contributed by atoms with E-state index >= 15 is 0 Å². The number of rotatable bonds is 5. The van der Waals surface area contributed by atoms with Crippen molar-refractivity contribution in [2.75, 3.05) is 28.4 Å². The molecule has 0 saturated heterocycles.